The molecule has 26 nitrogen and oxygen atoms in total. The molecule has 0 bridgehead atoms. The molecule has 0 saturated carbocycles. The molecule has 3 aliphatic rings. The molecule has 3 atom stereocenters. The largest absolute Gasteiger partial charge is 0.463 e. The van der Waals surface area contributed by atoms with E-state index >= 15 is 13.2 Å². The lowest BCUT2D eigenvalue weighted by molar-refractivity contribution is -0.754. The summed E-state index contributed by atoms with van der Waals surface area (Å²) in [7, 11) is 1.99. The summed E-state index contributed by atoms with van der Waals surface area (Å²) < 4.78 is 72.9. The molecule has 15 rings (SSSR count). The van der Waals surface area contributed by atoms with Gasteiger partial charge >= 0.3 is 17.9 Å². The Kier molecular flexibility index (Phi) is 23.1. The van der Waals surface area contributed by atoms with Gasteiger partial charge in [-0.05, 0) is 169 Å². The zero-order valence-corrected chi connectivity index (χ0v) is 63.8. The van der Waals surface area contributed by atoms with Gasteiger partial charge in [0.2, 0.25) is 0 Å². The second-order valence-electron chi connectivity index (χ2n) is 26.9. The molecule has 3 aromatic carbocycles. The fourth-order valence-electron chi connectivity index (χ4n) is 14.2. The van der Waals surface area contributed by atoms with E-state index in [4.69, 9.17) is 14.2 Å². The molecule has 0 saturated heterocycles. The number of nitrogens with zero attached hydrogens (tertiary/aromatic N) is 17. The first-order valence-electron chi connectivity index (χ1n) is 37.4. The number of hydrogen-bond acceptors (Lipinski definition) is 16. The van der Waals surface area contributed by atoms with Crippen molar-refractivity contribution in [2.75, 3.05) is 39.5 Å². The van der Waals surface area contributed by atoms with E-state index in [2.05, 4.69) is 44.6 Å². The van der Waals surface area contributed by atoms with Crippen LogP contribution in [0.25, 0.3) is 68.9 Å². The Bertz CT molecular complexity index is 5480. The van der Waals surface area contributed by atoms with Crippen LogP contribution in [0, 0.1) is 17.5 Å². The number of hydrogen-bond donors (Lipinski definition) is 0. The molecular weight excluding hydrogens is 1440 g/mol. The first-order valence-corrected chi connectivity index (χ1v) is 37.4. The van der Waals surface area contributed by atoms with Gasteiger partial charge in [0.1, 0.15) is 40.2 Å². The van der Waals surface area contributed by atoms with Gasteiger partial charge in [-0.3, -0.25) is 19.1 Å². The van der Waals surface area contributed by atoms with Crippen molar-refractivity contribution >= 4 is 70.8 Å². The highest BCUT2D eigenvalue weighted by Gasteiger charge is 2.35. The quantitative estimate of drug-likeness (QED) is 0.0334. The van der Waals surface area contributed by atoms with E-state index in [1.54, 1.807) is 118 Å². The van der Waals surface area contributed by atoms with Crippen LogP contribution >= 0.6 is 0 Å². The van der Waals surface area contributed by atoms with E-state index in [1.165, 1.54) is 54.7 Å². The minimum atomic E-state index is -0.486. The van der Waals surface area contributed by atoms with E-state index < -0.39 is 35.4 Å². The van der Waals surface area contributed by atoms with Gasteiger partial charge in [0.25, 0.3) is 17.7 Å². The van der Waals surface area contributed by atoms with Gasteiger partial charge in [0, 0.05) is 121 Å². The van der Waals surface area contributed by atoms with Gasteiger partial charge in [-0.2, -0.15) is 25.1 Å². The van der Waals surface area contributed by atoms with Crippen LogP contribution in [0.15, 0.2) is 152 Å². The topological polar surface area (TPSA) is 262 Å². The zero-order valence-electron chi connectivity index (χ0n) is 63.8. The molecule has 0 aliphatic carbocycles. The maximum absolute atomic E-state index is 15.1. The number of carbonyl (C=O) groups is 6. The minimum absolute atomic E-state index is 0.0645. The Labute approximate surface area is 643 Å². The van der Waals surface area contributed by atoms with Crippen LogP contribution in [0.3, 0.4) is 0 Å². The van der Waals surface area contributed by atoms with Crippen molar-refractivity contribution in [1.82, 2.24) is 77.5 Å². The van der Waals surface area contributed by atoms with Gasteiger partial charge in [-0.25, -0.2) is 56.1 Å². The predicted molar refractivity (Wildman–Crippen MR) is 411 cm³/mol. The SMILES string of the molecule is CCOC(=O)/C=C/c1ccc(-c2cc3nc(C(=O)N4CCn5c(cc[n+]5C)C4C)cc(CC)n3n2)c(F)c1.CCOC(=O)/C=C/c1ccc(-c2cc3nc(C(=O)N4CCn5cccc5C4C)cc(CC)n3n2)c(F)c1.CCOC(=O)/C=C/c1ccc(-c2cc3nc(C(=O)N4CCn5nccc5C4C)cc(CC)n3n2)c(F)c1. The molecule has 3 unspecified atom stereocenters. The Hall–Kier alpha value is -13.0. The van der Waals surface area contributed by atoms with Crippen LogP contribution in [0.2, 0.25) is 0 Å². The van der Waals surface area contributed by atoms with Gasteiger partial charge in [0.15, 0.2) is 30.2 Å². The van der Waals surface area contributed by atoms with Crippen molar-refractivity contribution in [2.45, 2.75) is 119 Å². The number of benzene rings is 3. The molecule has 12 aromatic rings. The Morgan fingerprint density at radius 2 is 0.839 bits per heavy atom. The average molecular weight is 1520 g/mol. The molecule has 0 spiro atoms. The molecule has 12 heterocycles. The van der Waals surface area contributed by atoms with Crippen LogP contribution < -0.4 is 4.68 Å². The first-order chi connectivity index (χ1) is 54.1. The highest BCUT2D eigenvalue weighted by molar-refractivity contribution is 5.95. The van der Waals surface area contributed by atoms with Gasteiger partial charge in [-0.1, -0.05) is 39.0 Å². The third kappa shape index (κ3) is 16.1. The van der Waals surface area contributed by atoms with E-state index in [9.17, 15) is 28.8 Å². The molecule has 0 fully saturated rings. The lowest BCUT2D eigenvalue weighted by Gasteiger charge is -2.34. The van der Waals surface area contributed by atoms with Crippen molar-refractivity contribution in [2.24, 2.45) is 7.05 Å². The number of ether oxygens (including phenoxy) is 3. The number of fused-ring (bicyclic) bond motifs is 6. The molecule has 112 heavy (non-hydrogen) atoms. The summed E-state index contributed by atoms with van der Waals surface area (Å²) in [5.74, 6) is -3.33. The standard InChI is InChI=1S/C28H30FN6O3.C28H28FN5O3.C27H27FN6O3/c1-5-20-16-24(28(37)33-13-14-34-25(18(33)3)11-12-32(34)4)30-26-17-23(31-35(20)26)21-9-7-19(15-22(21)29)8-10-27(36)38-6-2;1-4-20-16-24(28(36)33-14-13-32-12-6-7-25(32)18(33)3)30-26-17-23(31-34(20)26)21-10-8-19(15-22(21)29)9-11-27(35)37-5-2;1-4-19-15-23(27(36)32-12-13-33-24(17(32)3)10-11-29-33)30-25-16-22(31-34(19)25)20-8-6-18(14-21(20)28)7-9-26(35)37-5-2/h7-12,15-18H,5-6,13-14H2,1-4H3;6-12,15-18H,4-5,13-14H2,1-3H3;6-11,14-17H,4-5,12-13H2,1-3H3/q+1;;/b10-8+;11-9+;9-7+. The maximum atomic E-state index is 15.1. The van der Waals surface area contributed by atoms with Crippen molar-refractivity contribution in [1.29, 1.82) is 0 Å². The first kappa shape index (κ1) is 77.2. The summed E-state index contributed by atoms with van der Waals surface area (Å²) in [6.07, 6.45) is 15.9. The molecule has 3 aliphatic heterocycles. The predicted octanol–water partition coefficient (Wildman–Crippen LogP) is 12.3. The highest BCUT2D eigenvalue weighted by atomic mass is 19.1. The number of esters is 3. The number of rotatable bonds is 18. The van der Waals surface area contributed by atoms with E-state index in [-0.39, 0.29) is 55.7 Å². The lowest BCUT2D eigenvalue weighted by Crippen LogP contribution is -2.48. The van der Waals surface area contributed by atoms with Crippen LogP contribution in [0.4, 0.5) is 13.2 Å². The molecule has 0 N–H and O–H groups in total. The molecule has 29 heteroatoms. The average Bonchev–Trinajstić information content (AvgIpc) is 1.61. The van der Waals surface area contributed by atoms with Crippen LogP contribution in [0.1, 0.15) is 163 Å². The van der Waals surface area contributed by atoms with E-state index in [0.717, 1.165) is 40.7 Å². The normalized spacial score (nSPS) is 15.3. The maximum Gasteiger partial charge on any atom is 0.330 e. The van der Waals surface area contributed by atoms with E-state index in [1.807, 2.05) is 104 Å². The Balaban J connectivity index is 0.000000147. The fourth-order valence-corrected chi connectivity index (χ4v) is 14.2. The second-order valence-corrected chi connectivity index (χ2v) is 26.9. The molecule has 9 aromatic heterocycles. The summed E-state index contributed by atoms with van der Waals surface area (Å²) in [5.41, 5.74) is 11.7. The van der Waals surface area contributed by atoms with Crippen molar-refractivity contribution in [3.05, 3.63) is 237 Å². The van der Waals surface area contributed by atoms with Crippen molar-refractivity contribution in [3.8, 4) is 33.8 Å². The lowest BCUT2D eigenvalue weighted by atomic mass is 10.1. The van der Waals surface area contributed by atoms with Crippen LogP contribution in [-0.4, -0.2) is 153 Å². The highest BCUT2D eigenvalue weighted by Crippen LogP contribution is 2.33. The van der Waals surface area contributed by atoms with Crippen LogP contribution in [-0.2, 0) is 74.5 Å². The summed E-state index contributed by atoms with van der Waals surface area (Å²) in [4.78, 5) is 94.5. The molecule has 3 amide bonds. The summed E-state index contributed by atoms with van der Waals surface area (Å²) in [6.45, 7) is 21.7. The van der Waals surface area contributed by atoms with Gasteiger partial charge < -0.3 is 33.5 Å². The third-order valence-electron chi connectivity index (χ3n) is 20.1. The summed E-state index contributed by atoms with van der Waals surface area (Å²) >= 11 is 0. The van der Waals surface area contributed by atoms with E-state index in [0.29, 0.717) is 136 Å². The monoisotopic (exact) mass is 1520 g/mol. The third-order valence-corrected chi connectivity index (χ3v) is 20.1. The molecule has 576 valence electrons. The number of amides is 3. The van der Waals surface area contributed by atoms with Crippen LogP contribution in [0.5, 0.6) is 0 Å². The summed E-state index contributed by atoms with van der Waals surface area (Å²) in [6, 6.07) is 32.0. The molecule has 0 radical (unpaired) electrons. The summed E-state index contributed by atoms with van der Waals surface area (Å²) in [5, 5.41) is 18.1. The Morgan fingerprint density at radius 1 is 0.455 bits per heavy atom. The number of aromatic nitrogens is 14. The van der Waals surface area contributed by atoms with Gasteiger partial charge in [-0.15, -0.1) is 4.68 Å². The zero-order chi connectivity index (χ0) is 79.2. The second kappa shape index (κ2) is 33.5. The number of carbonyl (C=O) groups excluding carboxylic acids is 6. The minimum Gasteiger partial charge on any atom is -0.463 e. The fraction of sp³-hybridized carbons (Fsp3) is 0.301. The van der Waals surface area contributed by atoms with Crippen molar-refractivity contribution in [3.63, 3.8) is 0 Å². The van der Waals surface area contributed by atoms with Gasteiger partial charge in [0.05, 0.1) is 73.8 Å². The Morgan fingerprint density at radius 3 is 1.23 bits per heavy atom. The molecular formula is C83H85F3N17O9+. The number of aryl methyl sites for hydroxylation is 4. The number of halogens is 3. The smallest absolute Gasteiger partial charge is 0.330 e. The van der Waals surface area contributed by atoms with Crippen molar-refractivity contribution < 1.29 is 60.8 Å².